The van der Waals surface area contributed by atoms with Crippen molar-refractivity contribution in [2.75, 3.05) is 20.8 Å². The van der Waals surface area contributed by atoms with E-state index in [9.17, 15) is 0 Å². The number of aromatic nitrogens is 1. The summed E-state index contributed by atoms with van der Waals surface area (Å²) in [5.41, 5.74) is 3.80. The molecule has 1 aromatic carbocycles. The first-order valence-electron chi connectivity index (χ1n) is 6.24. The van der Waals surface area contributed by atoms with Crippen molar-refractivity contribution in [2.45, 2.75) is 19.4 Å². The van der Waals surface area contributed by atoms with Gasteiger partial charge in [0.25, 0.3) is 0 Å². The van der Waals surface area contributed by atoms with Crippen LogP contribution in [0.5, 0.6) is 11.5 Å². The molecule has 0 saturated carbocycles. The van der Waals surface area contributed by atoms with E-state index in [0.717, 1.165) is 30.0 Å². The number of rotatable bonds is 2. The average molecular weight is 246 g/mol. The Balaban J connectivity index is 2.25. The first-order valence-corrected chi connectivity index (χ1v) is 6.24. The molecule has 0 unspecified atom stereocenters. The van der Waals surface area contributed by atoms with Gasteiger partial charge in [-0.15, -0.1) is 0 Å². The zero-order valence-electron chi connectivity index (χ0n) is 11.0. The fraction of sp³-hybridized carbons (Fsp3) is 0.429. The molecule has 0 bridgehead atoms. The van der Waals surface area contributed by atoms with Gasteiger partial charge in [0.2, 0.25) is 0 Å². The average Bonchev–Trinajstić information content (AvgIpc) is 2.76. The summed E-state index contributed by atoms with van der Waals surface area (Å²) in [5.74, 6) is 1.56. The van der Waals surface area contributed by atoms with Crippen molar-refractivity contribution < 1.29 is 9.47 Å². The SMILES string of the molecule is COc1cc2[nH]c3c(c2cc1OC)CCN[C@@H]3C. The Kier molecular flexibility index (Phi) is 2.67. The van der Waals surface area contributed by atoms with Crippen LogP contribution in [0, 0.1) is 0 Å². The molecule has 1 aliphatic rings. The number of fused-ring (bicyclic) bond motifs is 3. The summed E-state index contributed by atoms with van der Waals surface area (Å²) in [4.78, 5) is 3.49. The lowest BCUT2D eigenvalue weighted by Gasteiger charge is -2.20. The first-order chi connectivity index (χ1) is 8.74. The standard InChI is InChI=1S/C14H18N2O2/c1-8-14-9(4-5-15-8)10-6-12(17-2)13(18-3)7-11(10)16-14/h6-8,15-16H,4-5H2,1-3H3/t8-/m1/s1. The van der Waals surface area contributed by atoms with Crippen molar-refractivity contribution in [3.8, 4) is 11.5 Å². The number of aromatic amines is 1. The smallest absolute Gasteiger partial charge is 0.162 e. The molecule has 1 aromatic heterocycles. The van der Waals surface area contributed by atoms with E-state index in [1.54, 1.807) is 14.2 Å². The predicted molar refractivity (Wildman–Crippen MR) is 71.5 cm³/mol. The van der Waals surface area contributed by atoms with E-state index in [1.165, 1.54) is 16.6 Å². The van der Waals surface area contributed by atoms with Crippen molar-refractivity contribution in [1.29, 1.82) is 0 Å². The van der Waals surface area contributed by atoms with Crippen LogP contribution >= 0.6 is 0 Å². The number of methoxy groups -OCH3 is 2. The van der Waals surface area contributed by atoms with Crippen molar-refractivity contribution in [2.24, 2.45) is 0 Å². The number of hydrogen-bond acceptors (Lipinski definition) is 3. The number of benzene rings is 1. The van der Waals surface area contributed by atoms with Gasteiger partial charge in [-0.1, -0.05) is 0 Å². The molecule has 0 spiro atoms. The summed E-state index contributed by atoms with van der Waals surface area (Å²) in [6.45, 7) is 3.21. The van der Waals surface area contributed by atoms with Gasteiger partial charge in [-0.2, -0.15) is 0 Å². The summed E-state index contributed by atoms with van der Waals surface area (Å²) in [7, 11) is 3.34. The van der Waals surface area contributed by atoms with Gasteiger partial charge in [0, 0.05) is 28.7 Å². The molecule has 0 radical (unpaired) electrons. The number of nitrogens with one attached hydrogen (secondary N) is 2. The van der Waals surface area contributed by atoms with Gasteiger partial charge in [-0.3, -0.25) is 0 Å². The van der Waals surface area contributed by atoms with Gasteiger partial charge < -0.3 is 19.8 Å². The van der Waals surface area contributed by atoms with Crippen molar-refractivity contribution in [3.05, 3.63) is 23.4 Å². The summed E-state index contributed by atoms with van der Waals surface area (Å²) in [6.07, 6.45) is 1.05. The van der Waals surface area contributed by atoms with E-state index < -0.39 is 0 Å². The summed E-state index contributed by atoms with van der Waals surface area (Å²) in [5, 5.41) is 4.71. The lowest BCUT2D eigenvalue weighted by Crippen LogP contribution is -2.27. The molecular formula is C14H18N2O2. The zero-order chi connectivity index (χ0) is 12.7. The highest BCUT2D eigenvalue weighted by Crippen LogP contribution is 2.37. The molecule has 4 nitrogen and oxygen atoms in total. The lowest BCUT2D eigenvalue weighted by molar-refractivity contribution is 0.356. The Morgan fingerprint density at radius 1 is 1.17 bits per heavy atom. The molecule has 18 heavy (non-hydrogen) atoms. The maximum Gasteiger partial charge on any atom is 0.162 e. The fourth-order valence-corrected chi connectivity index (χ4v) is 2.75. The fourth-order valence-electron chi connectivity index (χ4n) is 2.75. The second-order valence-electron chi connectivity index (χ2n) is 4.70. The minimum Gasteiger partial charge on any atom is -0.493 e. The zero-order valence-corrected chi connectivity index (χ0v) is 11.0. The Bertz CT molecular complexity index is 589. The minimum atomic E-state index is 0.373. The van der Waals surface area contributed by atoms with Crippen LogP contribution in [0.15, 0.2) is 12.1 Å². The molecule has 0 amide bonds. The van der Waals surface area contributed by atoms with Crippen molar-refractivity contribution >= 4 is 10.9 Å². The first kappa shape index (κ1) is 11.4. The highest BCUT2D eigenvalue weighted by molar-refractivity contribution is 5.88. The second kappa shape index (κ2) is 4.21. The Hall–Kier alpha value is -1.68. The third-order valence-electron chi connectivity index (χ3n) is 3.70. The molecule has 4 heteroatoms. The van der Waals surface area contributed by atoms with E-state index in [4.69, 9.17) is 9.47 Å². The Labute approximate surface area is 106 Å². The largest absolute Gasteiger partial charge is 0.493 e. The van der Waals surface area contributed by atoms with Crippen molar-refractivity contribution in [1.82, 2.24) is 10.3 Å². The van der Waals surface area contributed by atoms with E-state index in [-0.39, 0.29) is 0 Å². The van der Waals surface area contributed by atoms with Gasteiger partial charge in [-0.05, 0) is 31.5 Å². The Morgan fingerprint density at radius 2 is 1.89 bits per heavy atom. The molecular weight excluding hydrogens is 228 g/mol. The van der Waals surface area contributed by atoms with Gasteiger partial charge in [-0.25, -0.2) is 0 Å². The molecule has 2 aromatic rings. The number of hydrogen-bond donors (Lipinski definition) is 2. The molecule has 1 aliphatic heterocycles. The van der Waals surface area contributed by atoms with E-state index in [2.05, 4.69) is 23.3 Å². The van der Waals surface area contributed by atoms with Crippen molar-refractivity contribution in [3.63, 3.8) is 0 Å². The van der Waals surface area contributed by atoms with Crippen LogP contribution in [0.25, 0.3) is 10.9 Å². The molecule has 1 atom stereocenters. The lowest BCUT2D eigenvalue weighted by atomic mass is 10.00. The summed E-state index contributed by atoms with van der Waals surface area (Å²) >= 11 is 0. The molecule has 2 N–H and O–H groups in total. The van der Waals surface area contributed by atoms with Crippen LogP contribution in [-0.4, -0.2) is 25.7 Å². The maximum absolute atomic E-state index is 5.38. The normalized spacial score (nSPS) is 18.7. The van der Waals surface area contributed by atoms with Gasteiger partial charge >= 0.3 is 0 Å². The van der Waals surface area contributed by atoms with Crippen LogP contribution in [-0.2, 0) is 6.42 Å². The van der Waals surface area contributed by atoms with E-state index in [1.807, 2.05) is 6.07 Å². The third kappa shape index (κ3) is 1.56. The Morgan fingerprint density at radius 3 is 2.61 bits per heavy atom. The topological polar surface area (TPSA) is 46.3 Å². The van der Waals surface area contributed by atoms with Crippen LogP contribution in [0.2, 0.25) is 0 Å². The minimum absolute atomic E-state index is 0.373. The predicted octanol–water partition coefficient (Wildman–Crippen LogP) is 2.39. The molecule has 96 valence electrons. The second-order valence-corrected chi connectivity index (χ2v) is 4.70. The van der Waals surface area contributed by atoms with Crippen LogP contribution < -0.4 is 14.8 Å². The molecule has 0 fully saturated rings. The quantitative estimate of drug-likeness (QED) is 0.855. The highest BCUT2D eigenvalue weighted by Gasteiger charge is 2.21. The summed E-state index contributed by atoms with van der Waals surface area (Å²) in [6, 6.07) is 4.46. The molecule has 3 rings (SSSR count). The van der Waals surface area contributed by atoms with Crippen LogP contribution in [0.3, 0.4) is 0 Å². The number of ether oxygens (including phenoxy) is 2. The molecule has 2 heterocycles. The van der Waals surface area contributed by atoms with Crippen LogP contribution in [0.4, 0.5) is 0 Å². The monoisotopic (exact) mass is 246 g/mol. The molecule has 0 saturated heterocycles. The maximum atomic E-state index is 5.38. The number of H-pyrrole nitrogens is 1. The third-order valence-corrected chi connectivity index (χ3v) is 3.70. The highest BCUT2D eigenvalue weighted by atomic mass is 16.5. The van der Waals surface area contributed by atoms with Gasteiger partial charge in [0.05, 0.1) is 14.2 Å². The van der Waals surface area contributed by atoms with E-state index in [0.29, 0.717) is 6.04 Å². The summed E-state index contributed by atoms with van der Waals surface area (Å²) < 4.78 is 10.7. The van der Waals surface area contributed by atoms with Gasteiger partial charge in [0.15, 0.2) is 11.5 Å². The van der Waals surface area contributed by atoms with Gasteiger partial charge in [0.1, 0.15) is 0 Å². The molecule has 0 aliphatic carbocycles. The van der Waals surface area contributed by atoms with E-state index >= 15 is 0 Å². The van der Waals surface area contributed by atoms with Crippen LogP contribution in [0.1, 0.15) is 24.2 Å².